The first-order valence-corrected chi connectivity index (χ1v) is 21.5. The van der Waals surface area contributed by atoms with Crippen molar-refractivity contribution in [2.24, 2.45) is 17.3 Å². The standard InChI is InChI=1S/C43H53N9O5S/c1-26-31-7-6-13-51(39(31)49-48-38(26)47-41-45-34-8-4-5-9-35(34)58-41)36-11-10-32(37(46-36)40(55)56)33-22-44-52(27(33)2)25-42-18-28-17-29(19-42)21-43(20-28,24-42)57-16-15-50(3)14-12-30(54)23-53/h4-5,8-11,22,28-30,53-54H,6-7,12-21,23-25H2,1-3H3,(H,55,56)(H,45,47,48)/t28?,29?,30-,42?,43?/m0/s1. The van der Waals surface area contributed by atoms with Gasteiger partial charge in [0.05, 0.1) is 41.3 Å². The van der Waals surface area contributed by atoms with Gasteiger partial charge in [0.2, 0.25) is 0 Å². The third kappa shape index (κ3) is 7.47. The van der Waals surface area contributed by atoms with Crippen LogP contribution in [0.25, 0.3) is 21.3 Å². The summed E-state index contributed by atoms with van der Waals surface area (Å²) in [6, 6.07) is 11.8. The number of aromatic carboxylic acids is 1. The summed E-state index contributed by atoms with van der Waals surface area (Å²) in [5, 5.41) is 47.7. The summed E-state index contributed by atoms with van der Waals surface area (Å²) in [5.41, 5.74) is 5.20. The molecule has 5 aliphatic rings. The van der Waals surface area contributed by atoms with Crippen molar-refractivity contribution in [3.05, 3.63) is 65.1 Å². The third-order valence-electron chi connectivity index (χ3n) is 13.2. The Balaban J connectivity index is 0.920. The van der Waals surface area contributed by atoms with Crippen LogP contribution in [0.15, 0.2) is 42.6 Å². The number of ether oxygens (including phenoxy) is 1. The van der Waals surface area contributed by atoms with Crippen molar-refractivity contribution < 1.29 is 24.9 Å². The van der Waals surface area contributed by atoms with E-state index in [1.807, 2.05) is 62.2 Å². The van der Waals surface area contributed by atoms with Gasteiger partial charge in [-0.1, -0.05) is 23.5 Å². The van der Waals surface area contributed by atoms with Crippen molar-refractivity contribution in [2.75, 3.05) is 50.1 Å². The van der Waals surface area contributed by atoms with Crippen LogP contribution >= 0.6 is 11.3 Å². The minimum Gasteiger partial charge on any atom is -0.476 e. The van der Waals surface area contributed by atoms with Crippen LogP contribution in [0.5, 0.6) is 0 Å². The van der Waals surface area contributed by atoms with Crippen LogP contribution in [0.4, 0.5) is 22.6 Å². The first-order valence-electron chi connectivity index (χ1n) is 20.7. The predicted octanol–water partition coefficient (Wildman–Crippen LogP) is 6.52. The molecule has 4 fully saturated rings. The molecule has 0 amide bonds. The molecular weight excluding hydrogens is 755 g/mol. The van der Waals surface area contributed by atoms with Gasteiger partial charge in [0.1, 0.15) is 5.82 Å². The van der Waals surface area contributed by atoms with Gasteiger partial charge in [-0.15, -0.1) is 10.2 Å². The highest BCUT2D eigenvalue weighted by Crippen LogP contribution is 2.63. The normalized spacial score (nSPS) is 24.1. The lowest BCUT2D eigenvalue weighted by molar-refractivity contribution is -0.197. The molecule has 14 nitrogen and oxygen atoms in total. The Bertz CT molecular complexity index is 2280. The van der Waals surface area contributed by atoms with E-state index in [1.165, 1.54) is 6.42 Å². The molecule has 4 bridgehead atoms. The molecule has 0 spiro atoms. The van der Waals surface area contributed by atoms with Crippen LogP contribution in [0.1, 0.15) is 78.7 Å². The quantitative estimate of drug-likeness (QED) is 0.0901. The highest BCUT2D eigenvalue weighted by atomic mass is 32.1. The fraction of sp³-hybridized carbons (Fsp3) is 0.535. The average Bonchev–Trinajstić information content (AvgIpc) is 3.78. The molecule has 1 aliphatic heterocycles. The first-order chi connectivity index (χ1) is 28.0. The number of likely N-dealkylation sites (N-methyl/N-ethyl adjacent to an activating group) is 1. The van der Waals surface area contributed by atoms with Crippen molar-refractivity contribution in [3.8, 4) is 11.1 Å². The van der Waals surface area contributed by atoms with E-state index in [1.54, 1.807) is 17.5 Å². The Hall–Kier alpha value is -4.54. The SMILES string of the molecule is Cc1c(Nc2nc3ccccc3s2)nnc2c1CCCN2c1ccc(-c2cnn(CC34CC5CC(C3)CC(OCCN(C)CC[C@H](O)CO)(C5)C4)c2C)c(C(=O)O)n1. The van der Waals surface area contributed by atoms with Crippen molar-refractivity contribution in [2.45, 2.75) is 89.9 Å². The van der Waals surface area contributed by atoms with Gasteiger partial charge in [-0.25, -0.2) is 14.8 Å². The summed E-state index contributed by atoms with van der Waals surface area (Å²) >= 11 is 1.57. The molecule has 0 radical (unpaired) electrons. The lowest BCUT2D eigenvalue weighted by Crippen LogP contribution is -2.58. The van der Waals surface area contributed by atoms with Crippen molar-refractivity contribution >= 4 is 50.1 Å². The molecule has 2 unspecified atom stereocenters. The number of anilines is 4. The van der Waals surface area contributed by atoms with Crippen LogP contribution in [0.2, 0.25) is 0 Å². The lowest BCUT2D eigenvalue weighted by Gasteiger charge is -2.61. The fourth-order valence-electron chi connectivity index (χ4n) is 10.8. The molecule has 4 saturated carbocycles. The molecule has 306 valence electrons. The molecule has 4 aliphatic carbocycles. The predicted molar refractivity (Wildman–Crippen MR) is 223 cm³/mol. The number of carboxylic acids is 1. The van der Waals surface area contributed by atoms with E-state index in [0.29, 0.717) is 61.0 Å². The second kappa shape index (κ2) is 15.6. The minimum absolute atomic E-state index is 0.0101. The summed E-state index contributed by atoms with van der Waals surface area (Å²) in [5.74, 6) is 2.07. The highest BCUT2D eigenvalue weighted by Gasteiger charge is 2.58. The summed E-state index contributed by atoms with van der Waals surface area (Å²) < 4.78 is 10.00. The second-order valence-corrected chi connectivity index (χ2v) is 18.5. The maximum absolute atomic E-state index is 12.9. The zero-order valence-corrected chi connectivity index (χ0v) is 34.3. The second-order valence-electron chi connectivity index (χ2n) is 17.4. The van der Waals surface area contributed by atoms with E-state index in [-0.39, 0.29) is 23.3 Å². The number of nitrogens with zero attached hydrogens (tertiary/aromatic N) is 8. The minimum atomic E-state index is -1.09. The van der Waals surface area contributed by atoms with Crippen molar-refractivity contribution in [1.82, 2.24) is 34.8 Å². The molecule has 0 saturated heterocycles. The first kappa shape index (κ1) is 38.9. The Labute approximate surface area is 342 Å². The Morgan fingerprint density at radius 1 is 1.07 bits per heavy atom. The van der Waals surface area contributed by atoms with Gasteiger partial charge in [0.25, 0.3) is 0 Å². The van der Waals surface area contributed by atoms with E-state index >= 15 is 0 Å². The molecule has 15 heteroatoms. The van der Waals surface area contributed by atoms with Crippen LogP contribution in [0, 0.1) is 31.1 Å². The van der Waals surface area contributed by atoms with Gasteiger partial charge in [0.15, 0.2) is 22.5 Å². The third-order valence-corrected chi connectivity index (χ3v) is 14.2. The average molecular weight is 808 g/mol. The number of hydrogen-bond acceptors (Lipinski definition) is 13. The molecule has 5 heterocycles. The number of fused-ring (bicyclic) bond motifs is 2. The van der Waals surface area contributed by atoms with E-state index in [2.05, 4.69) is 25.1 Å². The maximum Gasteiger partial charge on any atom is 0.355 e. The van der Waals surface area contributed by atoms with Crippen LogP contribution in [-0.2, 0) is 17.7 Å². The molecule has 3 atom stereocenters. The number of hydrogen-bond donors (Lipinski definition) is 4. The number of carboxylic acid groups (broad SMARTS) is 1. The zero-order valence-electron chi connectivity index (χ0n) is 33.5. The zero-order chi connectivity index (χ0) is 40.2. The molecule has 4 aromatic heterocycles. The van der Waals surface area contributed by atoms with Gasteiger partial charge in [-0.05, 0) is 120 Å². The summed E-state index contributed by atoms with van der Waals surface area (Å²) in [6.45, 7) is 7.43. The van der Waals surface area contributed by atoms with E-state index < -0.39 is 12.1 Å². The van der Waals surface area contributed by atoms with Gasteiger partial charge in [0, 0.05) is 54.1 Å². The molecule has 10 rings (SSSR count). The largest absolute Gasteiger partial charge is 0.476 e. The van der Waals surface area contributed by atoms with Crippen LogP contribution in [0.3, 0.4) is 0 Å². The number of pyridine rings is 1. The molecule has 1 aromatic carbocycles. The molecule has 58 heavy (non-hydrogen) atoms. The van der Waals surface area contributed by atoms with Gasteiger partial charge >= 0.3 is 5.97 Å². The van der Waals surface area contributed by atoms with Gasteiger partial charge in [-0.2, -0.15) is 5.10 Å². The van der Waals surface area contributed by atoms with Crippen LogP contribution in [-0.4, -0.2) is 108 Å². The fourth-order valence-corrected chi connectivity index (χ4v) is 11.7. The summed E-state index contributed by atoms with van der Waals surface area (Å²) in [4.78, 5) is 26.5. The lowest BCUT2D eigenvalue weighted by atomic mass is 9.48. The number of carbonyl (C=O) groups is 1. The molecule has 4 N–H and O–H groups in total. The Morgan fingerprint density at radius 3 is 2.66 bits per heavy atom. The van der Waals surface area contributed by atoms with E-state index in [0.717, 1.165) is 95.8 Å². The topological polar surface area (TPSA) is 175 Å². The molecular formula is C43H53N9O5S. The number of aromatic nitrogens is 6. The van der Waals surface area contributed by atoms with Crippen molar-refractivity contribution in [3.63, 3.8) is 0 Å². The number of aliphatic hydroxyl groups excluding tert-OH is 2. The Morgan fingerprint density at radius 2 is 1.88 bits per heavy atom. The number of thiazole rings is 1. The maximum atomic E-state index is 12.9. The smallest absolute Gasteiger partial charge is 0.355 e. The number of rotatable bonds is 15. The highest BCUT2D eigenvalue weighted by molar-refractivity contribution is 7.22. The number of benzene rings is 1. The molecule has 5 aromatic rings. The van der Waals surface area contributed by atoms with Crippen molar-refractivity contribution in [1.29, 1.82) is 0 Å². The number of nitrogens with one attached hydrogen (secondary N) is 1. The van der Waals surface area contributed by atoms with E-state index in [9.17, 15) is 15.0 Å². The van der Waals surface area contributed by atoms with E-state index in [4.69, 9.17) is 24.9 Å². The monoisotopic (exact) mass is 807 g/mol. The number of aliphatic hydroxyl groups is 2. The summed E-state index contributed by atoms with van der Waals surface area (Å²) in [6.07, 6.45) is 10.2. The van der Waals surface area contributed by atoms with Gasteiger partial charge < -0.3 is 35.2 Å². The Kier molecular flexibility index (Phi) is 10.5. The van der Waals surface area contributed by atoms with Gasteiger partial charge in [-0.3, -0.25) is 4.68 Å². The van der Waals surface area contributed by atoms with Crippen LogP contribution < -0.4 is 10.2 Å². The summed E-state index contributed by atoms with van der Waals surface area (Å²) in [7, 11) is 2.04. The number of para-hydroxylation sites is 1.